The Balaban J connectivity index is 1.59. The number of carbonyl (C=O) groups is 1. The number of para-hydroxylation sites is 1. The van der Waals surface area contributed by atoms with E-state index in [-0.39, 0.29) is 6.61 Å². The lowest BCUT2D eigenvalue weighted by Crippen LogP contribution is -2.26. The lowest BCUT2D eigenvalue weighted by molar-refractivity contribution is -0.152. The van der Waals surface area contributed by atoms with Crippen molar-refractivity contribution in [3.8, 4) is 5.75 Å². The standard InChI is InChI=1S/C17H13Cl2NO3S/c1-10(23-14-7-6-11(18)8-12(14)19)17(21)22-9-16-20-13-4-2-3-5-15(13)24-16/h2-8,10H,9H2,1H3. The molecule has 0 amide bonds. The van der Waals surface area contributed by atoms with Crippen LogP contribution in [-0.4, -0.2) is 17.1 Å². The second kappa shape index (κ2) is 7.38. The zero-order valence-corrected chi connectivity index (χ0v) is 15.0. The second-order valence-electron chi connectivity index (χ2n) is 5.02. The Morgan fingerprint density at radius 2 is 2.04 bits per heavy atom. The van der Waals surface area contributed by atoms with E-state index in [9.17, 15) is 4.79 Å². The number of benzene rings is 2. The molecule has 3 aromatic rings. The maximum absolute atomic E-state index is 12.1. The minimum atomic E-state index is -0.793. The lowest BCUT2D eigenvalue weighted by atomic mass is 10.3. The van der Waals surface area contributed by atoms with Crippen LogP contribution >= 0.6 is 34.5 Å². The van der Waals surface area contributed by atoms with E-state index in [4.69, 9.17) is 32.7 Å². The fourth-order valence-electron chi connectivity index (χ4n) is 2.04. The summed E-state index contributed by atoms with van der Waals surface area (Å²) in [5.74, 6) is -0.106. The van der Waals surface area contributed by atoms with Crippen LogP contribution in [0.15, 0.2) is 42.5 Å². The van der Waals surface area contributed by atoms with Crippen molar-refractivity contribution in [1.82, 2.24) is 4.98 Å². The van der Waals surface area contributed by atoms with Gasteiger partial charge in [-0.1, -0.05) is 35.3 Å². The van der Waals surface area contributed by atoms with Crippen LogP contribution in [0.3, 0.4) is 0 Å². The molecule has 1 aromatic heterocycles. The molecule has 0 saturated heterocycles. The van der Waals surface area contributed by atoms with E-state index >= 15 is 0 Å². The molecule has 7 heteroatoms. The molecular formula is C17H13Cl2NO3S. The van der Waals surface area contributed by atoms with E-state index in [1.807, 2.05) is 24.3 Å². The molecule has 0 aliphatic rings. The summed E-state index contributed by atoms with van der Waals surface area (Å²) in [5, 5.41) is 1.58. The van der Waals surface area contributed by atoms with E-state index < -0.39 is 12.1 Å². The predicted octanol–water partition coefficient (Wildman–Crippen LogP) is 5.11. The Labute approximate surface area is 152 Å². The van der Waals surface area contributed by atoms with Crippen molar-refractivity contribution in [1.29, 1.82) is 0 Å². The lowest BCUT2D eigenvalue weighted by Gasteiger charge is -2.14. The zero-order valence-electron chi connectivity index (χ0n) is 12.7. The molecular weight excluding hydrogens is 369 g/mol. The smallest absolute Gasteiger partial charge is 0.347 e. The van der Waals surface area contributed by atoms with Gasteiger partial charge < -0.3 is 9.47 Å². The predicted molar refractivity (Wildman–Crippen MR) is 96.0 cm³/mol. The molecule has 0 bridgehead atoms. The number of halogens is 2. The van der Waals surface area contributed by atoms with E-state index in [1.54, 1.807) is 25.1 Å². The molecule has 0 N–H and O–H groups in total. The number of esters is 1. The van der Waals surface area contributed by atoms with Gasteiger partial charge in [-0.3, -0.25) is 0 Å². The SMILES string of the molecule is CC(Oc1ccc(Cl)cc1Cl)C(=O)OCc1nc2ccccc2s1. The van der Waals surface area contributed by atoms with Crippen molar-refractivity contribution in [3.05, 3.63) is 57.5 Å². The highest BCUT2D eigenvalue weighted by Gasteiger charge is 2.18. The van der Waals surface area contributed by atoms with Crippen LogP contribution < -0.4 is 4.74 Å². The summed E-state index contributed by atoms with van der Waals surface area (Å²) in [6.45, 7) is 1.71. The molecule has 0 aliphatic carbocycles. The molecule has 0 radical (unpaired) electrons. The highest BCUT2D eigenvalue weighted by molar-refractivity contribution is 7.18. The fourth-order valence-corrected chi connectivity index (χ4v) is 3.37. The van der Waals surface area contributed by atoms with E-state index in [0.29, 0.717) is 15.8 Å². The van der Waals surface area contributed by atoms with Crippen molar-refractivity contribution in [2.24, 2.45) is 0 Å². The first kappa shape index (κ1) is 17.0. The Morgan fingerprint density at radius 1 is 1.25 bits per heavy atom. The van der Waals surface area contributed by atoms with Gasteiger partial charge in [0.2, 0.25) is 0 Å². The van der Waals surface area contributed by atoms with Gasteiger partial charge in [-0.15, -0.1) is 11.3 Å². The molecule has 0 fully saturated rings. The van der Waals surface area contributed by atoms with Crippen molar-refractivity contribution in [2.75, 3.05) is 0 Å². The average molecular weight is 382 g/mol. The van der Waals surface area contributed by atoms with E-state index in [0.717, 1.165) is 15.2 Å². The Bertz CT molecular complexity index is 848. The van der Waals surface area contributed by atoms with Crippen LogP contribution in [0.4, 0.5) is 0 Å². The van der Waals surface area contributed by atoms with Gasteiger partial charge in [0.1, 0.15) is 17.4 Å². The normalized spacial score (nSPS) is 12.1. The first-order valence-electron chi connectivity index (χ1n) is 7.16. The van der Waals surface area contributed by atoms with Crippen LogP contribution in [-0.2, 0) is 16.1 Å². The van der Waals surface area contributed by atoms with Crippen molar-refractivity contribution >= 4 is 50.7 Å². The average Bonchev–Trinajstić information content (AvgIpc) is 2.98. The highest BCUT2D eigenvalue weighted by atomic mass is 35.5. The molecule has 3 rings (SSSR count). The summed E-state index contributed by atoms with van der Waals surface area (Å²) in [6.07, 6.45) is -0.793. The third kappa shape index (κ3) is 3.98. The Hall–Kier alpha value is -1.82. The molecule has 24 heavy (non-hydrogen) atoms. The molecule has 0 saturated carbocycles. The number of hydrogen-bond acceptors (Lipinski definition) is 5. The van der Waals surface area contributed by atoms with Crippen molar-refractivity contribution in [3.63, 3.8) is 0 Å². The first-order valence-corrected chi connectivity index (χ1v) is 8.73. The Morgan fingerprint density at radius 3 is 2.79 bits per heavy atom. The quantitative estimate of drug-likeness (QED) is 0.575. The number of hydrogen-bond donors (Lipinski definition) is 0. The first-order chi connectivity index (χ1) is 11.5. The summed E-state index contributed by atoms with van der Waals surface area (Å²) in [7, 11) is 0. The molecule has 124 valence electrons. The Kier molecular flexibility index (Phi) is 5.23. The van der Waals surface area contributed by atoms with Gasteiger partial charge in [0, 0.05) is 5.02 Å². The zero-order chi connectivity index (χ0) is 17.1. The summed E-state index contributed by atoms with van der Waals surface area (Å²) < 4.78 is 11.9. The highest BCUT2D eigenvalue weighted by Crippen LogP contribution is 2.28. The minimum absolute atomic E-state index is 0.111. The molecule has 1 atom stereocenters. The van der Waals surface area contributed by atoms with Gasteiger partial charge >= 0.3 is 5.97 Å². The molecule has 0 aliphatic heterocycles. The number of aromatic nitrogens is 1. The third-order valence-electron chi connectivity index (χ3n) is 3.21. The topological polar surface area (TPSA) is 48.4 Å². The molecule has 0 spiro atoms. The van der Waals surface area contributed by atoms with Crippen LogP contribution in [0.5, 0.6) is 5.75 Å². The summed E-state index contributed by atoms with van der Waals surface area (Å²) in [6, 6.07) is 12.6. The van der Waals surface area contributed by atoms with E-state index in [2.05, 4.69) is 4.98 Å². The third-order valence-corrected chi connectivity index (χ3v) is 4.75. The summed E-state index contributed by atoms with van der Waals surface area (Å²) >= 11 is 13.4. The van der Waals surface area contributed by atoms with Gasteiger partial charge in [0.15, 0.2) is 6.10 Å². The number of nitrogens with zero attached hydrogens (tertiary/aromatic N) is 1. The minimum Gasteiger partial charge on any atom is -0.477 e. The van der Waals surface area contributed by atoms with Crippen molar-refractivity contribution < 1.29 is 14.3 Å². The molecule has 2 aromatic carbocycles. The van der Waals surface area contributed by atoms with Gasteiger partial charge in [-0.2, -0.15) is 0 Å². The second-order valence-corrected chi connectivity index (χ2v) is 6.98. The number of fused-ring (bicyclic) bond motifs is 1. The van der Waals surface area contributed by atoms with E-state index in [1.165, 1.54) is 11.3 Å². The van der Waals surface area contributed by atoms with Crippen LogP contribution in [0.1, 0.15) is 11.9 Å². The van der Waals surface area contributed by atoms with Crippen molar-refractivity contribution in [2.45, 2.75) is 19.6 Å². The monoisotopic (exact) mass is 381 g/mol. The maximum atomic E-state index is 12.1. The number of rotatable bonds is 5. The van der Waals surface area contributed by atoms with Gasteiger partial charge in [-0.05, 0) is 37.3 Å². The van der Waals surface area contributed by atoms with Gasteiger partial charge in [-0.25, -0.2) is 9.78 Å². The maximum Gasteiger partial charge on any atom is 0.347 e. The molecule has 1 unspecified atom stereocenters. The summed E-state index contributed by atoms with van der Waals surface area (Å²) in [4.78, 5) is 16.5. The fraction of sp³-hybridized carbons (Fsp3) is 0.176. The van der Waals surface area contributed by atoms with Crippen LogP contribution in [0.2, 0.25) is 10.0 Å². The largest absolute Gasteiger partial charge is 0.477 e. The number of carbonyl (C=O) groups excluding carboxylic acids is 1. The molecule has 4 nitrogen and oxygen atoms in total. The summed E-state index contributed by atoms with van der Waals surface area (Å²) in [5.41, 5.74) is 0.894. The van der Waals surface area contributed by atoms with Crippen LogP contribution in [0, 0.1) is 0 Å². The molecule has 1 heterocycles. The van der Waals surface area contributed by atoms with Gasteiger partial charge in [0.25, 0.3) is 0 Å². The number of thiazole rings is 1. The van der Waals surface area contributed by atoms with Gasteiger partial charge in [0.05, 0.1) is 15.2 Å². The van der Waals surface area contributed by atoms with Crippen LogP contribution in [0.25, 0.3) is 10.2 Å². The number of ether oxygens (including phenoxy) is 2.